The Bertz CT molecular complexity index is 557. The molecule has 1 rings (SSSR count). The van der Waals surface area contributed by atoms with E-state index < -0.39 is 24.5 Å². The van der Waals surface area contributed by atoms with Crippen molar-refractivity contribution in [3.63, 3.8) is 0 Å². The molecule has 6 heteroatoms. The van der Waals surface area contributed by atoms with Gasteiger partial charge < -0.3 is 18.9 Å². The first-order chi connectivity index (χ1) is 12.6. The summed E-state index contributed by atoms with van der Waals surface area (Å²) in [5.41, 5.74) is 0.195. The Morgan fingerprint density at radius 1 is 0.885 bits per heavy atom. The van der Waals surface area contributed by atoms with E-state index in [2.05, 4.69) is 13.2 Å². The lowest BCUT2D eigenvalue weighted by Crippen LogP contribution is -2.24. The molecule has 0 aliphatic heterocycles. The summed E-state index contributed by atoms with van der Waals surface area (Å²) >= 11 is 0. The molecule has 0 spiro atoms. The highest BCUT2D eigenvalue weighted by Gasteiger charge is 2.24. The minimum atomic E-state index is -0.758. The van der Waals surface area contributed by atoms with Gasteiger partial charge in [-0.1, -0.05) is 39.1 Å². The van der Waals surface area contributed by atoms with Gasteiger partial charge in [-0.15, -0.1) is 0 Å². The fourth-order valence-corrected chi connectivity index (χ4v) is 2.20. The Morgan fingerprint density at radius 2 is 1.27 bits per heavy atom. The molecule has 2 unspecified atom stereocenters. The summed E-state index contributed by atoms with van der Waals surface area (Å²) in [5.74, 6) is -1.34. The smallest absolute Gasteiger partial charge is 0.342 e. The van der Waals surface area contributed by atoms with E-state index in [1.54, 1.807) is 12.1 Å². The standard InChI is InChI=1S/C20H26O6/c1-5-11-17(23-7-3)25-19(21)15-13-9-10-14-16(15)20(22)26-18(12-6-2)24-8-4/h7-10,13-14,17-18H,3-6,11-12H2,1-2H3. The highest BCUT2D eigenvalue weighted by molar-refractivity contribution is 6.03. The van der Waals surface area contributed by atoms with Crippen molar-refractivity contribution in [1.29, 1.82) is 0 Å². The van der Waals surface area contributed by atoms with E-state index >= 15 is 0 Å². The maximum atomic E-state index is 12.5. The van der Waals surface area contributed by atoms with Gasteiger partial charge in [-0.25, -0.2) is 9.59 Å². The van der Waals surface area contributed by atoms with Crippen molar-refractivity contribution in [2.24, 2.45) is 0 Å². The van der Waals surface area contributed by atoms with E-state index in [-0.39, 0.29) is 11.1 Å². The average Bonchev–Trinajstić information content (AvgIpc) is 2.62. The molecule has 0 aliphatic carbocycles. The SMILES string of the molecule is C=COC(CCC)OC(=O)c1ccccc1C(=O)OC(CCC)OC=C. The van der Waals surface area contributed by atoms with E-state index in [1.165, 1.54) is 24.7 Å². The summed E-state index contributed by atoms with van der Waals surface area (Å²) in [5, 5.41) is 0. The van der Waals surface area contributed by atoms with Crippen LogP contribution >= 0.6 is 0 Å². The normalized spacial score (nSPS) is 12.4. The summed E-state index contributed by atoms with van der Waals surface area (Å²) < 4.78 is 21.0. The number of hydrogen-bond acceptors (Lipinski definition) is 6. The van der Waals surface area contributed by atoms with Crippen LogP contribution in [0.2, 0.25) is 0 Å². The van der Waals surface area contributed by atoms with Crippen molar-refractivity contribution in [3.8, 4) is 0 Å². The Morgan fingerprint density at radius 3 is 1.58 bits per heavy atom. The third kappa shape index (κ3) is 6.63. The summed E-state index contributed by atoms with van der Waals surface area (Å²) in [6.45, 7) is 10.8. The molecule has 142 valence electrons. The fraction of sp³-hybridized carbons (Fsp3) is 0.400. The molecule has 0 saturated carbocycles. The van der Waals surface area contributed by atoms with Gasteiger partial charge in [0.1, 0.15) is 0 Å². The van der Waals surface area contributed by atoms with Gasteiger partial charge in [-0.3, -0.25) is 0 Å². The van der Waals surface area contributed by atoms with Crippen molar-refractivity contribution < 1.29 is 28.5 Å². The van der Waals surface area contributed by atoms with Crippen LogP contribution in [0.1, 0.15) is 60.2 Å². The van der Waals surface area contributed by atoms with Crippen molar-refractivity contribution >= 4 is 11.9 Å². The molecule has 0 amide bonds. The van der Waals surface area contributed by atoms with E-state index in [9.17, 15) is 9.59 Å². The molecule has 0 heterocycles. The molecule has 6 nitrogen and oxygen atoms in total. The second-order valence-electron chi connectivity index (χ2n) is 5.40. The van der Waals surface area contributed by atoms with Crippen LogP contribution in [-0.4, -0.2) is 24.5 Å². The highest BCUT2D eigenvalue weighted by atomic mass is 16.7. The predicted molar refractivity (Wildman–Crippen MR) is 97.2 cm³/mol. The van der Waals surface area contributed by atoms with Gasteiger partial charge in [-0.05, 0) is 25.0 Å². The fourth-order valence-electron chi connectivity index (χ4n) is 2.20. The number of ether oxygens (including phenoxy) is 4. The Hall–Kier alpha value is -2.76. The summed E-state index contributed by atoms with van der Waals surface area (Å²) in [4.78, 5) is 25.0. The number of hydrogen-bond donors (Lipinski definition) is 0. The van der Waals surface area contributed by atoms with Crippen LogP contribution < -0.4 is 0 Å². The maximum absolute atomic E-state index is 12.5. The lowest BCUT2D eigenvalue weighted by Gasteiger charge is -2.19. The molecular weight excluding hydrogens is 336 g/mol. The third-order valence-electron chi connectivity index (χ3n) is 3.39. The van der Waals surface area contributed by atoms with Gasteiger partial charge in [0.2, 0.25) is 12.6 Å². The Balaban J connectivity index is 2.94. The molecule has 0 aliphatic rings. The summed E-state index contributed by atoms with van der Waals surface area (Å²) in [6, 6.07) is 6.28. The molecule has 0 bridgehead atoms. The first-order valence-electron chi connectivity index (χ1n) is 8.61. The van der Waals surface area contributed by atoms with Crippen LogP contribution in [0.25, 0.3) is 0 Å². The van der Waals surface area contributed by atoms with Crippen molar-refractivity contribution in [2.45, 2.75) is 52.1 Å². The first-order valence-corrected chi connectivity index (χ1v) is 8.61. The van der Waals surface area contributed by atoms with E-state index in [0.29, 0.717) is 12.8 Å². The number of carbonyl (C=O) groups is 2. The van der Waals surface area contributed by atoms with Gasteiger partial charge in [0.05, 0.1) is 23.7 Å². The predicted octanol–water partition coefficient (Wildman–Crippen LogP) is 4.57. The summed E-state index contributed by atoms with van der Waals surface area (Å²) in [7, 11) is 0. The largest absolute Gasteiger partial charge is 0.463 e. The molecule has 2 atom stereocenters. The maximum Gasteiger partial charge on any atom is 0.342 e. The quantitative estimate of drug-likeness (QED) is 0.308. The van der Waals surface area contributed by atoms with Crippen LogP contribution in [-0.2, 0) is 18.9 Å². The molecular formula is C20H26O6. The number of benzene rings is 1. The molecule has 0 aromatic heterocycles. The zero-order chi connectivity index (χ0) is 19.4. The first kappa shape index (κ1) is 21.3. The zero-order valence-corrected chi connectivity index (χ0v) is 15.3. The van der Waals surface area contributed by atoms with Crippen LogP contribution in [0.5, 0.6) is 0 Å². The van der Waals surface area contributed by atoms with Crippen LogP contribution in [0, 0.1) is 0 Å². The molecule has 0 fully saturated rings. The van der Waals surface area contributed by atoms with Gasteiger partial charge in [-0.2, -0.15) is 0 Å². The minimum absolute atomic E-state index is 0.0973. The molecule has 1 aromatic rings. The molecule has 0 radical (unpaired) electrons. The third-order valence-corrected chi connectivity index (χ3v) is 3.39. The minimum Gasteiger partial charge on any atom is -0.463 e. The van der Waals surface area contributed by atoms with Crippen LogP contribution in [0.15, 0.2) is 49.9 Å². The highest BCUT2D eigenvalue weighted by Crippen LogP contribution is 2.17. The molecule has 1 aromatic carbocycles. The lowest BCUT2D eigenvalue weighted by molar-refractivity contribution is -0.0789. The lowest BCUT2D eigenvalue weighted by atomic mass is 10.1. The molecule has 26 heavy (non-hydrogen) atoms. The second kappa shape index (κ2) is 11.7. The monoisotopic (exact) mass is 362 g/mol. The number of esters is 2. The average molecular weight is 362 g/mol. The van der Waals surface area contributed by atoms with E-state index in [4.69, 9.17) is 18.9 Å². The van der Waals surface area contributed by atoms with Crippen LogP contribution in [0.4, 0.5) is 0 Å². The Labute approximate surface area is 154 Å². The molecule has 0 N–H and O–H groups in total. The summed E-state index contributed by atoms with van der Waals surface area (Å²) in [6.07, 6.45) is 3.45. The van der Waals surface area contributed by atoms with Crippen molar-refractivity contribution in [3.05, 3.63) is 61.1 Å². The topological polar surface area (TPSA) is 71.1 Å². The van der Waals surface area contributed by atoms with Crippen molar-refractivity contribution in [1.82, 2.24) is 0 Å². The van der Waals surface area contributed by atoms with Crippen molar-refractivity contribution in [2.75, 3.05) is 0 Å². The molecule has 0 saturated heterocycles. The number of carbonyl (C=O) groups excluding carboxylic acids is 2. The van der Waals surface area contributed by atoms with E-state index in [1.807, 2.05) is 13.8 Å². The Kier molecular flexibility index (Phi) is 9.61. The van der Waals surface area contributed by atoms with Gasteiger partial charge in [0.25, 0.3) is 0 Å². The second-order valence-corrected chi connectivity index (χ2v) is 5.40. The van der Waals surface area contributed by atoms with E-state index in [0.717, 1.165) is 12.8 Å². The van der Waals surface area contributed by atoms with Crippen LogP contribution in [0.3, 0.4) is 0 Å². The zero-order valence-electron chi connectivity index (χ0n) is 15.3. The van der Waals surface area contributed by atoms with Gasteiger partial charge >= 0.3 is 11.9 Å². The number of rotatable bonds is 12. The van der Waals surface area contributed by atoms with Gasteiger partial charge in [0.15, 0.2) is 0 Å². The van der Waals surface area contributed by atoms with Gasteiger partial charge in [0, 0.05) is 12.8 Å².